The van der Waals surface area contributed by atoms with Crippen LogP contribution in [0.5, 0.6) is 5.75 Å². The number of rotatable bonds is 30. The number of aliphatic imine (C=N–C) groups is 2. The van der Waals surface area contributed by atoms with Crippen molar-refractivity contribution in [1.82, 2.24) is 58.0 Å². The number of carbonyl (C=O) groups is 10. The highest BCUT2D eigenvalue weighted by atomic mass is 16.3. The summed E-state index contributed by atoms with van der Waals surface area (Å²) in [6, 6.07) is 8.50. The number of phenolic OH excluding ortho intramolecular Hbond substituents is 1. The molecule has 30 heteroatoms. The molecule has 11 amide bonds. The lowest BCUT2D eigenvalue weighted by molar-refractivity contribution is -0.143. The number of aromatic nitrogens is 1. The Morgan fingerprint density at radius 3 is 1.99 bits per heavy atom. The number of hydrazine groups is 1. The second-order valence-electron chi connectivity index (χ2n) is 21.3. The molecule has 30 nitrogen and oxygen atoms in total. The highest BCUT2D eigenvalue weighted by Gasteiger charge is 2.44. The second kappa shape index (κ2) is 33.0. The van der Waals surface area contributed by atoms with Gasteiger partial charge in [-0.2, -0.15) is 0 Å². The number of likely N-dealkylation sites (tertiary alicyclic amines) is 1. The molecule has 3 aromatic carbocycles. The number of benzene rings is 3. The molecule has 1 unspecified atom stereocenters. The van der Waals surface area contributed by atoms with Crippen LogP contribution in [0.3, 0.4) is 0 Å². The molecular formula is C57H79N17O13. The third kappa shape index (κ3) is 20.7. The van der Waals surface area contributed by atoms with Gasteiger partial charge < -0.3 is 85.4 Å². The van der Waals surface area contributed by atoms with Crippen LogP contribution in [0.1, 0.15) is 69.6 Å². The molecule has 21 N–H and O–H groups in total. The summed E-state index contributed by atoms with van der Waals surface area (Å²) in [6.07, 6.45) is -1.42. The first kappa shape index (κ1) is 67.9. The van der Waals surface area contributed by atoms with Crippen LogP contribution >= 0.6 is 0 Å². The molecule has 2 heterocycles. The van der Waals surface area contributed by atoms with Gasteiger partial charge >= 0.3 is 6.03 Å². The lowest BCUT2D eigenvalue weighted by atomic mass is 10.0. The van der Waals surface area contributed by atoms with Crippen molar-refractivity contribution in [3.63, 3.8) is 0 Å². The monoisotopic (exact) mass is 1210 g/mol. The molecule has 0 bridgehead atoms. The van der Waals surface area contributed by atoms with E-state index in [-0.39, 0.29) is 75.7 Å². The van der Waals surface area contributed by atoms with Crippen molar-refractivity contribution >= 4 is 82.4 Å². The Kier molecular flexibility index (Phi) is 25.8. The molecule has 1 aliphatic heterocycles. The first-order chi connectivity index (χ1) is 41.4. The summed E-state index contributed by atoms with van der Waals surface area (Å²) in [4.78, 5) is 149. The average Bonchev–Trinajstić information content (AvgIpc) is 2.23. The Bertz CT molecular complexity index is 3100. The number of hydrogen-bond donors (Lipinski definition) is 17. The maximum Gasteiger partial charge on any atom is 0.334 e. The van der Waals surface area contributed by atoms with Gasteiger partial charge in [-0.05, 0) is 73.4 Å². The fourth-order valence-corrected chi connectivity index (χ4v) is 9.60. The fourth-order valence-electron chi connectivity index (χ4n) is 9.60. The topological polar surface area (TPSA) is 487 Å². The number of nitrogens with zero attached hydrogens (tertiary/aromatic N) is 3. The van der Waals surface area contributed by atoms with E-state index in [1.165, 1.54) is 19.2 Å². The van der Waals surface area contributed by atoms with Crippen molar-refractivity contribution in [1.29, 1.82) is 0 Å². The highest BCUT2D eigenvalue weighted by Crippen LogP contribution is 2.23. The molecule has 0 aliphatic carbocycles. The van der Waals surface area contributed by atoms with Crippen molar-refractivity contribution in [2.24, 2.45) is 38.8 Å². The van der Waals surface area contributed by atoms with Gasteiger partial charge in [0.2, 0.25) is 47.3 Å². The summed E-state index contributed by atoms with van der Waals surface area (Å²) < 4.78 is 0. The number of urea groups is 1. The molecule has 4 aromatic rings. The zero-order valence-corrected chi connectivity index (χ0v) is 48.7. The number of aliphatic hydroxyl groups is 2. The van der Waals surface area contributed by atoms with Gasteiger partial charge in [-0.25, -0.2) is 10.2 Å². The number of fused-ring (bicyclic) bond motifs is 1. The van der Waals surface area contributed by atoms with Crippen LogP contribution in [0.25, 0.3) is 10.9 Å². The van der Waals surface area contributed by atoms with Crippen LogP contribution in [-0.4, -0.2) is 177 Å². The van der Waals surface area contributed by atoms with Crippen molar-refractivity contribution in [3.05, 3.63) is 102 Å². The summed E-state index contributed by atoms with van der Waals surface area (Å²) >= 11 is 0. The molecule has 10 atom stereocenters. The Hall–Kier alpha value is -9.84. The van der Waals surface area contributed by atoms with E-state index >= 15 is 0 Å². The number of primary amides is 2. The lowest BCUT2D eigenvalue weighted by Gasteiger charge is -2.30. The van der Waals surface area contributed by atoms with Gasteiger partial charge in [0.25, 0.3) is 5.91 Å². The van der Waals surface area contributed by atoms with Gasteiger partial charge in [-0.1, -0.05) is 74.5 Å². The van der Waals surface area contributed by atoms with Gasteiger partial charge in [0.05, 0.1) is 25.0 Å². The Morgan fingerprint density at radius 1 is 0.713 bits per heavy atom. The minimum atomic E-state index is -1.89. The maximum atomic E-state index is 14.1. The van der Waals surface area contributed by atoms with Gasteiger partial charge in [0.15, 0.2) is 5.96 Å². The standard InChI is InChI=1S/C57H79N17O13/c1-30(2)23-40(50(81)66-38(15-10-21-63-56(61)62-4)49(80)67-39(48(60)79)26-34-28-64-37-14-9-8-13-36(34)37)70-57(87)73-72-52(83)41(24-32-11-6-5-7-12-32)68-53(84)46(31(3)75)71-51(82)42(27-45(59)78)69-54(85)47-44(77)20-22-74(47)55(86)43(65-29-58)25-33-16-18-35(76)19-17-33/h5-9,11-14,16-19,28-31,38-44,46-47,64,75-77H,10,15,20-27H2,1-4H3,(H2,58,65)(H2,59,78)(H2,60,79)(H,66,81)(H,67,80)(H,68,84)(H,69,85)(H,71,82)(H,72,83)(H3,61,62,63)(H2,70,73,87)/t31-,38+,39+,40+,41+,42+,43-,44?,46+,47+/m1/s1. The normalized spacial score (nSPS) is 16.9. The number of aromatic hydroxyl groups is 1. The SMILES string of the molecule is CN=C(N)NCCC[C@H](NC(=O)[C@H](CC(C)C)NC(=O)NNC(=O)[C@H](Cc1ccccc1)NC(=O)[C@@H](NC(=O)[C@H](CC(N)=O)NC(=O)[C@@H]1C(O)CCN1C(=O)[C@@H](Cc1ccc(O)cc1)N=CN)[C@@H](C)O)C(=O)N[C@@H](Cc1c[nH]c2ccccc12)C(N)=O. The van der Waals surface area contributed by atoms with Crippen LogP contribution in [0, 0.1) is 5.92 Å². The quantitative estimate of drug-likeness (QED) is 0.0104. The van der Waals surface area contributed by atoms with Gasteiger partial charge in [0, 0.05) is 56.5 Å². The van der Waals surface area contributed by atoms with Crippen LogP contribution < -0.4 is 71.0 Å². The van der Waals surface area contributed by atoms with Gasteiger partial charge in [-0.3, -0.25) is 58.6 Å². The number of aliphatic hydroxyl groups excluding tert-OH is 2. The third-order valence-corrected chi connectivity index (χ3v) is 14.1. The molecule has 0 radical (unpaired) electrons. The highest BCUT2D eigenvalue weighted by molar-refractivity contribution is 5.99. The molecule has 1 fully saturated rings. The molecule has 1 aliphatic rings. The Morgan fingerprint density at radius 2 is 1.34 bits per heavy atom. The van der Waals surface area contributed by atoms with Crippen molar-refractivity contribution in [2.75, 3.05) is 20.1 Å². The molecule has 470 valence electrons. The summed E-state index contributed by atoms with van der Waals surface area (Å²) in [5, 5.41) is 50.2. The molecule has 0 spiro atoms. The number of nitrogens with one attached hydrogen (secondary N) is 10. The number of nitrogens with two attached hydrogens (primary N) is 4. The van der Waals surface area contributed by atoms with Crippen LogP contribution in [0.2, 0.25) is 0 Å². The summed E-state index contributed by atoms with van der Waals surface area (Å²) in [5.74, 6) is -8.83. The molecule has 87 heavy (non-hydrogen) atoms. The summed E-state index contributed by atoms with van der Waals surface area (Å²) in [7, 11) is 1.48. The fraction of sp³-hybridized carbons (Fsp3) is 0.439. The number of guanidine groups is 1. The number of H-pyrrole nitrogens is 1. The predicted molar refractivity (Wildman–Crippen MR) is 319 cm³/mol. The van der Waals surface area contributed by atoms with E-state index in [1.807, 2.05) is 24.3 Å². The van der Waals surface area contributed by atoms with Crippen molar-refractivity contribution < 1.29 is 63.3 Å². The minimum Gasteiger partial charge on any atom is -0.508 e. The number of hydrogen-bond acceptors (Lipinski definition) is 15. The van der Waals surface area contributed by atoms with E-state index in [9.17, 15) is 63.3 Å². The van der Waals surface area contributed by atoms with E-state index < -0.39 is 126 Å². The van der Waals surface area contributed by atoms with Gasteiger partial charge in [-0.15, -0.1) is 0 Å². The first-order valence-corrected chi connectivity index (χ1v) is 28.1. The number of phenols is 1. The zero-order valence-electron chi connectivity index (χ0n) is 48.7. The summed E-state index contributed by atoms with van der Waals surface area (Å²) in [5.41, 5.74) is 29.6. The largest absolute Gasteiger partial charge is 0.508 e. The van der Waals surface area contributed by atoms with Crippen LogP contribution in [-0.2, 0) is 62.4 Å². The molecule has 0 saturated carbocycles. The van der Waals surface area contributed by atoms with Crippen LogP contribution in [0.4, 0.5) is 4.79 Å². The van der Waals surface area contributed by atoms with E-state index in [0.29, 0.717) is 16.7 Å². The maximum absolute atomic E-state index is 14.1. The second-order valence-corrected chi connectivity index (χ2v) is 21.3. The number of amides is 11. The number of carbonyl (C=O) groups excluding carboxylic acids is 10. The number of aromatic amines is 1. The van der Waals surface area contributed by atoms with Crippen molar-refractivity contribution in [3.8, 4) is 5.75 Å². The summed E-state index contributed by atoms with van der Waals surface area (Å²) in [6.45, 7) is 4.78. The Balaban J connectivity index is 1.27. The minimum absolute atomic E-state index is 0.0152. The van der Waals surface area contributed by atoms with E-state index in [2.05, 4.69) is 63.0 Å². The predicted octanol–water partition coefficient (Wildman–Crippen LogP) is -3.56. The smallest absolute Gasteiger partial charge is 0.334 e. The number of para-hydroxylation sites is 1. The molecule has 5 rings (SSSR count). The van der Waals surface area contributed by atoms with Gasteiger partial charge in [0.1, 0.15) is 54.1 Å². The third-order valence-electron chi connectivity index (χ3n) is 14.1. The zero-order chi connectivity index (χ0) is 63.9. The molecule has 1 saturated heterocycles. The van der Waals surface area contributed by atoms with E-state index in [0.717, 1.165) is 29.1 Å². The Labute approximate surface area is 501 Å². The molecule has 1 aromatic heterocycles. The van der Waals surface area contributed by atoms with Crippen LogP contribution in [0.15, 0.2) is 95.0 Å². The lowest BCUT2D eigenvalue weighted by Crippen LogP contribution is -2.62. The molecular weight excluding hydrogens is 1130 g/mol. The average molecular weight is 1210 g/mol. The van der Waals surface area contributed by atoms with Crippen molar-refractivity contribution in [2.45, 2.75) is 133 Å². The van der Waals surface area contributed by atoms with E-state index in [1.54, 1.807) is 62.5 Å². The van der Waals surface area contributed by atoms with E-state index in [4.69, 9.17) is 22.9 Å². The first-order valence-electron chi connectivity index (χ1n) is 28.1.